The molecule has 0 aromatic carbocycles. The molecule has 0 bridgehead atoms. The van der Waals surface area contributed by atoms with Crippen LogP contribution in [0.5, 0.6) is 0 Å². The highest BCUT2D eigenvalue weighted by Crippen LogP contribution is 2.22. The molecule has 23 heavy (non-hydrogen) atoms. The third-order valence-electron chi connectivity index (χ3n) is 4.86. The molecule has 1 fully saturated rings. The minimum atomic E-state index is -0.309. The predicted molar refractivity (Wildman–Crippen MR) is 87.7 cm³/mol. The maximum absolute atomic E-state index is 12.9. The highest BCUT2D eigenvalue weighted by molar-refractivity contribution is 6.01. The molecule has 0 amide bonds. The minimum Gasteiger partial charge on any atom is -0.467 e. The molecular weight excluding hydrogens is 292 g/mol. The van der Waals surface area contributed by atoms with Crippen molar-refractivity contribution >= 4 is 5.78 Å². The molecule has 3 rings (SSSR count). The van der Waals surface area contributed by atoms with Gasteiger partial charge < -0.3 is 14.1 Å². The zero-order valence-electron chi connectivity index (χ0n) is 14.0. The van der Waals surface area contributed by atoms with Crippen molar-refractivity contribution in [2.45, 2.75) is 45.9 Å². The largest absolute Gasteiger partial charge is 0.467 e. The Morgan fingerprint density at radius 3 is 2.87 bits per heavy atom. The molecule has 3 heterocycles. The normalized spacial score (nSPS) is 20.1. The molecule has 1 unspecified atom stereocenters. The van der Waals surface area contributed by atoms with E-state index in [1.807, 2.05) is 39.0 Å². The van der Waals surface area contributed by atoms with Crippen molar-refractivity contribution in [2.75, 3.05) is 13.1 Å². The molecule has 1 aliphatic rings. The first kappa shape index (κ1) is 16.0. The summed E-state index contributed by atoms with van der Waals surface area (Å²) in [5.74, 6) is 0.999. The molecule has 0 saturated carbocycles. The molecule has 0 radical (unpaired) electrons. The lowest BCUT2D eigenvalue weighted by Gasteiger charge is -2.22. The Kier molecular flexibility index (Phi) is 4.41. The lowest BCUT2D eigenvalue weighted by atomic mass is 10.0. The number of ketones is 1. The first-order chi connectivity index (χ1) is 11.0. The van der Waals surface area contributed by atoms with Gasteiger partial charge in [0.15, 0.2) is 5.78 Å². The predicted octanol–water partition coefficient (Wildman–Crippen LogP) is 2.38. The number of carbonyl (C=O) groups excluding carboxylic acids is 1. The van der Waals surface area contributed by atoms with Gasteiger partial charge in [-0.1, -0.05) is 0 Å². The first-order valence-corrected chi connectivity index (χ1v) is 8.13. The van der Waals surface area contributed by atoms with E-state index in [1.54, 1.807) is 6.26 Å². The summed E-state index contributed by atoms with van der Waals surface area (Å²) in [5, 5.41) is 9.68. The van der Waals surface area contributed by atoms with Gasteiger partial charge in [-0.2, -0.15) is 0 Å². The van der Waals surface area contributed by atoms with Crippen molar-refractivity contribution in [3.63, 3.8) is 0 Å². The van der Waals surface area contributed by atoms with E-state index in [-0.39, 0.29) is 17.9 Å². The Labute approximate surface area is 136 Å². The lowest BCUT2D eigenvalue weighted by Crippen LogP contribution is -2.38. The molecular formula is C18H24N2O3. The van der Waals surface area contributed by atoms with Gasteiger partial charge in [-0.05, 0) is 45.4 Å². The smallest absolute Gasteiger partial charge is 0.181 e. The van der Waals surface area contributed by atoms with E-state index in [2.05, 4.69) is 9.47 Å². The summed E-state index contributed by atoms with van der Waals surface area (Å²) in [6.45, 7) is 7.91. The van der Waals surface area contributed by atoms with Crippen LogP contribution in [-0.4, -0.2) is 45.6 Å². The minimum absolute atomic E-state index is 0.123. The van der Waals surface area contributed by atoms with Crippen molar-refractivity contribution in [1.29, 1.82) is 0 Å². The molecule has 5 heteroatoms. The molecule has 2 aromatic rings. The van der Waals surface area contributed by atoms with Crippen LogP contribution in [0.15, 0.2) is 28.9 Å². The maximum Gasteiger partial charge on any atom is 0.181 e. The summed E-state index contributed by atoms with van der Waals surface area (Å²) in [6, 6.07) is 5.57. The fourth-order valence-corrected chi connectivity index (χ4v) is 3.36. The van der Waals surface area contributed by atoms with Crippen LogP contribution in [0.1, 0.15) is 40.9 Å². The number of rotatable bonds is 5. The van der Waals surface area contributed by atoms with Crippen LogP contribution in [0, 0.1) is 13.8 Å². The quantitative estimate of drug-likeness (QED) is 0.861. The van der Waals surface area contributed by atoms with Crippen LogP contribution in [0.3, 0.4) is 0 Å². The topological polar surface area (TPSA) is 58.6 Å². The van der Waals surface area contributed by atoms with Gasteiger partial charge in [0.2, 0.25) is 0 Å². The summed E-state index contributed by atoms with van der Waals surface area (Å²) < 4.78 is 7.52. The summed E-state index contributed by atoms with van der Waals surface area (Å²) in [4.78, 5) is 14.9. The van der Waals surface area contributed by atoms with Crippen LogP contribution in [-0.2, 0) is 6.54 Å². The molecule has 0 aliphatic carbocycles. The average molecular weight is 316 g/mol. The number of aliphatic hydroxyl groups excluding tert-OH is 1. The Morgan fingerprint density at radius 1 is 1.48 bits per heavy atom. The van der Waals surface area contributed by atoms with Crippen molar-refractivity contribution < 1.29 is 14.3 Å². The summed E-state index contributed by atoms with van der Waals surface area (Å²) in [7, 11) is 0. The van der Waals surface area contributed by atoms with Gasteiger partial charge in [0.1, 0.15) is 5.76 Å². The number of hydrogen-bond acceptors (Lipinski definition) is 4. The summed E-state index contributed by atoms with van der Waals surface area (Å²) in [5.41, 5.74) is 2.79. The Hall–Kier alpha value is -1.85. The average Bonchev–Trinajstić information content (AvgIpc) is 3.24. The summed E-state index contributed by atoms with van der Waals surface area (Å²) >= 11 is 0. The molecule has 0 spiro atoms. The van der Waals surface area contributed by atoms with Crippen molar-refractivity contribution in [2.24, 2.45) is 0 Å². The van der Waals surface area contributed by atoms with Crippen LogP contribution in [0.25, 0.3) is 0 Å². The third kappa shape index (κ3) is 3.12. The van der Waals surface area contributed by atoms with E-state index in [0.29, 0.717) is 13.1 Å². The molecule has 1 aliphatic heterocycles. The van der Waals surface area contributed by atoms with Gasteiger partial charge in [-0.25, -0.2) is 0 Å². The number of hydrogen-bond donors (Lipinski definition) is 1. The molecule has 5 nitrogen and oxygen atoms in total. The SMILES string of the molecule is Cc1cc(C(=O)C(C)N2CC[C@H](O)C2)c(C)n1Cc1ccco1. The second kappa shape index (κ2) is 6.34. The standard InChI is InChI=1S/C18H24N2O3/c1-12-9-17(13(2)20(12)11-16-5-4-8-23-16)18(22)14(3)19-7-6-15(21)10-19/h4-5,8-9,14-15,21H,6-7,10-11H2,1-3H3/t14?,15-/m0/s1. The van der Waals surface area contributed by atoms with Crippen molar-refractivity contribution in [3.05, 3.63) is 47.2 Å². The van der Waals surface area contributed by atoms with Gasteiger partial charge in [0, 0.05) is 30.0 Å². The Balaban J connectivity index is 1.81. The molecule has 2 atom stereocenters. The van der Waals surface area contributed by atoms with Crippen molar-refractivity contribution in [3.8, 4) is 0 Å². The van der Waals surface area contributed by atoms with E-state index in [0.717, 1.165) is 35.7 Å². The second-order valence-corrected chi connectivity index (χ2v) is 6.43. The number of aromatic nitrogens is 1. The fraction of sp³-hybridized carbons (Fsp3) is 0.500. The third-order valence-corrected chi connectivity index (χ3v) is 4.86. The van der Waals surface area contributed by atoms with E-state index >= 15 is 0 Å². The number of nitrogens with zero attached hydrogens (tertiary/aromatic N) is 2. The van der Waals surface area contributed by atoms with Gasteiger partial charge >= 0.3 is 0 Å². The van der Waals surface area contributed by atoms with Crippen LogP contribution in [0.2, 0.25) is 0 Å². The maximum atomic E-state index is 12.9. The molecule has 124 valence electrons. The number of likely N-dealkylation sites (tertiary alicyclic amines) is 1. The number of Topliss-reactive ketones (excluding diaryl/α,β-unsaturated/α-hetero) is 1. The zero-order valence-corrected chi connectivity index (χ0v) is 14.0. The van der Waals surface area contributed by atoms with Crippen LogP contribution in [0.4, 0.5) is 0 Å². The van der Waals surface area contributed by atoms with Gasteiger partial charge in [-0.15, -0.1) is 0 Å². The monoisotopic (exact) mass is 316 g/mol. The summed E-state index contributed by atoms with van der Waals surface area (Å²) in [6.07, 6.45) is 2.10. The second-order valence-electron chi connectivity index (χ2n) is 6.43. The Morgan fingerprint density at radius 2 is 2.26 bits per heavy atom. The fourth-order valence-electron chi connectivity index (χ4n) is 3.36. The van der Waals surface area contributed by atoms with Gasteiger partial charge in [0.25, 0.3) is 0 Å². The van der Waals surface area contributed by atoms with E-state index in [1.165, 1.54) is 0 Å². The number of aryl methyl sites for hydroxylation is 1. The van der Waals surface area contributed by atoms with Crippen LogP contribution >= 0.6 is 0 Å². The number of furan rings is 1. The van der Waals surface area contributed by atoms with Crippen LogP contribution < -0.4 is 0 Å². The first-order valence-electron chi connectivity index (χ1n) is 8.13. The van der Waals surface area contributed by atoms with Gasteiger partial charge in [0.05, 0.1) is 25.0 Å². The Bertz CT molecular complexity index is 687. The number of carbonyl (C=O) groups is 1. The number of aliphatic hydroxyl groups is 1. The highest BCUT2D eigenvalue weighted by atomic mass is 16.3. The lowest BCUT2D eigenvalue weighted by molar-refractivity contribution is 0.0846. The van der Waals surface area contributed by atoms with E-state index in [4.69, 9.17) is 4.42 Å². The molecule has 1 N–H and O–H groups in total. The highest BCUT2D eigenvalue weighted by Gasteiger charge is 2.30. The van der Waals surface area contributed by atoms with Crippen molar-refractivity contribution in [1.82, 2.24) is 9.47 Å². The molecule has 1 saturated heterocycles. The zero-order chi connectivity index (χ0) is 16.6. The van der Waals surface area contributed by atoms with E-state index < -0.39 is 0 Å². The van der Waals surface area contributed by atoms with Gasteiger partial charge in [-0.3, -0.25) is 9.69 Å². The van der Waals surface area contributed by atoms with E-state index in [9.17, 15) is 9.90 Å². The molecule has 2 aromatic heterocycles. The number of β-amino-alcohol motifs (C(OH)–C–C–N with tert-alkyl or cyclic N) is 1.